The maximum atomic E-state index is 14.0. The smallest absolute Gasteiger partial charge is 0.326 e. The molecule has 1 aliphatic heterocycles. The monoisotopic (exact) mass is 452 g/mol. The molecule has 0 unspecified atom stereocenters. The van der Waals surface area contributed by atoms with Gasteiger partial charge in [-0.15, -0.1) is 0 Å². The molecule has 0 bridgehead atoms. The molecule has 0 radical (unpaired) electrons. The van der Waals surface area contributed by atoms with Gasteiger partial charge in [0.15, 0.2) is 0 Å². The lowest BCUT2D eigenvalue weighted by atomic mass is 10.2. The molecule has 5 nitrogen and oxygen atoms in total. The third-order valence-corrected chi connectivity index (χ3v) is 5.87. The fourth-order valence-electron chi connectivity index (χ4n) is 2.88. The van der Waals surface area contributed by atoms with Crippen molar-refractivity contribution in [3.05, 3.63) is 69.8 Å². The molecule has 148 valence electrons. The third-order valence-electron chi connectivity index (χ3n) is 4.18. The second-order valence-electron chi connectivity index (χ2n) is 6.09. The quantitative estimate of drug-likeness (QED) is 0.529. The van der Waals surface area contributed by atoms with E-state index in [0.29, 0.717) is 22.1 Å². The van der Waals surface area contributed by atoms with Crippen molar-refractivity contribution in [2.24, 2.45) is 0 Å². The Bertz CT molecular complexity index is 1130. The number of fused-ring (bicyclic) bond motifs is 1. The maximum Gasteiger partial charge on any atom is 0.326 e. The lowest BCUT2D eigenvalue weighted by Crippen LogP contribution is -2.42. The van der Waals surface area contributed by atoms with Crippen LogP contribution in [0, 0.1) is 11.6 Å². The first-order valence-electron chi connectivity index (χ1n) is 8.29. The topological polar surface area (TPSA) is 71.2 Å². The van der Waals surface area contributed by atoms with Crippen molar-refractivity contribution in [1.82, 2.24) is 10.3 Å². The summed E-state index contributed by atoms with van der Waals surface area (Å²) < 4.78 is 27.1. The first kappa shape index (κ1) is 19.8. The largest absolute Gasteiger partial charge is 0.396 e. The second-order valence-corrected chi connectivity index (χ2v) is 7.93. The van der Waals surface area contributed by atoms with E-state index >= 15 is 0 Å². The first-order chi connectivity index (χ1) is 13.8. The molecule has 29 heavy (non-hydrogen) atoms. The number of carbonyl (C=O) groups is 1. The van der Waals surface area contributed by atoms with E-state index in [2.05, 4.69) is 10.3 Å². The summed E-state index contributed by atoms with van der Waals surface area (Å²) in [5.74, 6) is -1.39. The minimum absolute atomic E-state index is 0.145. The molecule has 3 N–H and O–H groups in total. The molecule has 0 atom stereocenters. The Hall–Kier alpha value is -2.55. The molecule has 2 amide bonds. The van der Waals surface area contributed by atoms with Crippen LogP contribution in [0.5, 0.6) is 0 Å². The molecule has 2 heterocycles. The predicted octanol–water partition coefficient (Wildman–Crippen LogP) is 5.76. The van der Waals surface area contributed by atoms with Gasteiger partial charge in [0.2, 0.25) is 0 Å². The third kappa shape index (κ3) is 3.71. The summed E-state index contributed by atoms with van der Waals surface area (Å²) in [7, 11) is 0. The van der Waals surface area contributed by atoms with Gasteiger partial charge in [0, 0.05) is 11.0 Å². The van der Waals surface area contributed by atoms with Crippen LogP contribution in [0.3, 0.4) is 0 Å². The molecule has 0 fully saturated rings. The standard InChI is InChI=1S/C19H12Cl2F2N4OS/c20-10-2-1-3-11(21)17(10)27-15-7-13(24)18(26-14(15)8-25-19(27)28)29-16-5-4-9(22)6-12(16)23/h1-7H,8,24H2,(H,25,28). The van der Waals surface area contributed by atoms with Crippen LogP contribution >= 0.6 is 35.0 Å². The summed E-state index contributed by atoms with van der Waals surface area (Å²) in [5, 5.41) is 3.60. The molecule has 0 aliphatic carbocycles. The molecule has 0 saturated carbocycles. The van der Waals surface area contributed by atoms with E-state index in [0.717, 1.165) is 23.9 Å². The molecule has 2 aromatic carbocycles. The number of urea groups is 1. The number of halogens is 4. The van der Waals surface area contributed by atoms with Gasteiger partial charge in [-0.3, -0.25) is 4.90 Å². The number of carbonyl (C=O) groups excluding carboxylic acids is 1. The van der Waals surface area contributed by atoms with Crippen LogP contribution in [0.15, 0.2) is 52.4 Å². The molecule has 0 saturated heterocycles. The summed E-state index contributed by atoms with van der Waals surface area (Å²) in [5.41, 5.74) is 7.58. The Balaban J connectivity index is 1.78. The number of aromatic nitrogens is 1. The maximum absolute atomic E-state index is 14.0. The number of hydrogen-bond acceptors (Lipinski definition) is 4. The second kappa shape index (κ2) is 7.70. The van der Waals surface area contributed by atoms with Crippen LogP contribution in [0.1, 0.15) is 5.69 Å². The van der Waals surface area contributed by atoms with Gasteiger partial charge in [-0.25, -0.2) is 18.6 Å². The fraction of sp³-hybridized carbons (Fsp3) is 0.0526. The van der Waals surface area contributed by atoms with Gasteiger partial charge < -0.3 is 11.1 Å². The highest BCUT2D eigenvalue weighted by Crippen LogP contribution is 2.43. The number of nitrogens with two attached hydrogens (primary N) is 1. The van der Waals surface area contributed by atoms with Gasteiger partial charge in [0.05, 0.1) is 39.3 Å². The average molecular weight is 453 g/mol. The van der Waals surface area contributed by atoms with Crippen molar-refractivity contribution in [3.63, 3.8) is 0 Å². The number of nitrogens with zero attached hydrogens (tertiary/aromatic N) is 2. The molecule has 10 heteroatoms. The Morgan fingerprint density at radius 2 is 1.86 bits per heavy atom. The Morgan fingerprint density at radius 3 is 2.55 bits per heavy atom. The molecule has 1 aliphatic rings. The van der Waals surface area contributed by atoms with Gasteiger partial charge >= 0.3 is 6.03 Å². The minimum Gasteiger partial charge on any atom is -0.396 e. The lowest BCUT2D eigenvalue weighted by molar-refractivity contribution is 0.246. The fourth-order valence-corrected chi connectivity index (χ4v) is 4.28. The predicted molar refractivity (Wildman–Crippen MR) is 110 cm³/mol. The van der Waals surface area contributed by atoms with Crippen LogP contribution in [-0.2, 0) is 6.54 Å². The minimum atomic E-state index is -0.716. The Kier molecular flexibility index (Phi) is 5.24. The van der Waals surface area contributed by atoms with Crippen molar-refractivity contribution in [2.45, 2.75) is 16.5 Å². The highest BCUT2D eigenvalue weighted by atomic mass is 35.5. The average Bonchev–Trinajstić information content (AvgIpc) is 2.66. The van der Waals surface area contributed by atoms with E-state index in [1.165, 1.54) is 11.0 Å². The number of para-hydroxylation sites is 1. The van der Waals surface area contributed by atoms with E-state index < -0.39 is 17.7 Å². The number of amides is 2. The molecular formula is C19H12Cl2F2N4OS. The highest BCUT2D eigenvalue weighted by Gasteiger charge is 2.30. The van der Waals surface area contributed by atoms with Gasteiger partial charge in [-0.2, -0.15) is 0 Å². The number of nitrogens with one attached hydrogen (secondary N) is 1. The van der Waals surface area contributed by atoms with Gasteiger partial charge in [0.1, 0.15) is 16.7 Å². The first-order valence-corrected chi connectivity index (χ1v) is 9.86. The van der Waals surface area contributed by atoms with Crippen molar-refractivity contribution in [3.8, 4) is 0 Å². The number of hydrogen-bond donors (Lipinski definition) is 2. The van der Waals surface area contributed by atoms with Gasteiger partial charge in [-0.1, -0.05) is 41.0 Å². The van der Waals surface area contributed by atoms with Crippen LogP contribution in [0.4, 0.5) is 30.6 Å². The number of pyridine rings is 1. The zero-order valence-corrected chi connectivity index (χ0v) is 16.9. The van der Waals surface area contributed by atoms with E-state index in [9.17, 15) is 13.6 Å². The van der Waals surface area contributed by atoms with E-state index in [4.69, 9.17) is 28.9 Å². The van der Waals surface area contributed by atoms with Crippen molar-refractivity contribution in [2.75, 3.05) is 10.6 Å². The molecule has 1 aromatic heterocycles. The zero-order chi connectivity index (χ0) is 20.7. The van der Waals surface area contributed by atoms with E-state index in [1.807, 2.05) is 0 Å². The van der Waals surface area contributed by atoms with Gasteiger partial charge in [0.25, 0.3) is 0 Å². The zero-order valence-electron chi connectivity index (χ0n) is 14.5. The molecule has 0 spiro atoms. The summed E-state index contributed by atoms with van der Waals surface area (Å²) in [6.07, 6.45) is 0. The SMILES string of the molecule is Nc1cc2c(nc1Sc1ccc(F)cc1F)CNC(=O)N2c1c(Cl)cccc1Cl. The normalized spacial score (nSPS) is 13.2. The summed E-state index contributed by atoms with van der Waals surface area (Å²) in [6.45, 7) is 0.145. The number of anilines is 3. The van der Waals surface area contributed by atoms with Crippen LogP contribution in [0.25, 0.3) is 0 Å². The molecule has 3 aromatic rings. The lowest BCUT2D eigenvalue weighted by Gasteiger charge is -2.31. The van der Waals surface area contributed by atoms with E-state index in [1.54, 1.807) is 24.3 Å². The van der Waals surface area contributed by atoms with Crippen molar-refractivity contribution >= 4 is 58.1 Å². The highest BCUT2D eigenvalue weighted by molar-refractivity contribution is 7.99. The molecular weight excluding hydrogens is 441 g/mol. The molecule has 4 rings (SSSR count). The number of rotatable bonds is 3. The number of benzene rings is 2. The summed E-state index contributed by atoms with van der Waals surface area (Å²) in [6, 6.07) is 9.28. The van der Waals surface area contributed by atoms with Crippen molar-refractivity contribution < 1.29 is 13.6 Å². The van der Waals surface area contributed by atoms with Crippen LogP contribution in [-0.4, -0.2) is 11.0 Å². The Labute approximate surface area is 178 Å². The van der Waals surface area contributed by atoms with Crippen LogP contribution in [0.2, 0.25) is 10.0 Å². The van der Waals surface area contributed by atoms with Gasteiger partial charge in [-0.05, 0) is 30.3 Å². The summed E-state index contributed by atoms with van der Waals surface area (Å²) in [4.78, 5) is 18.5. The Morgan fingerprint density at radius 1 is 1.14 bits per heavy atom. The van der Waals surface area contributed by atoms with Crippen molar-refractivity contribution in [1.29, 1.82) is 0 Å². The summed E-state index contributed by atoms with van der Waals surface area (Å²) >= 11 is 13.5. The van der Waals surface area contributed by atoms with E-state index in [-0.39, 0.29) is 27.2 Å². The van der Waals surface area contributed by atoms with Crippen LogP contribution < -0.4 is 16.0 Å². The number of nitrogen functional groups attached to an aromatic ring is 1.